The number of hydrogen-bond acceptors (Lipinski definition) is 10. The van der Waals surface area contributed by atoms with Crippen LogP contribution in [0.1, 0.15) is 32.8 Å². The van der Waals surface area contributed by atoms with Crippen LogP contribution in [0, 0.1) is 5.92 Å². The Morgan fingerprint density at radius 3 is 2.67 bits per heavy atom. The largest absolute Gasteiger partial charge is 0.505 e. The second kappa shape index (κ2) is 9.63. The lowest BCUT2D eigenvalue weighted by atomic mass is 10.1. The van der Waals surface area contributed by atoms with E-state index in [-0.39, 0.29) is 51.6 Å². The summed E-state index contributed by atoms with van der Waals surface area (Å²) in [7, 11) is -7.90. The average molecular weight is 553 g/mol. The van der Waals surface area contributed by atoms with Crippen LogP contribution < -0.4 is 15.0 Å². The first-order valence-electron chi connectivity index (χ1n) is 10.9. The maximum Gasteiger partial charge on any atom is 0.281 e. The van der Waals surface area contributed by atoms with Crippen molar-refractivity contribution in [1.82, 2.24) is 19.5 Å². The maximum absolute atomic E-state index is 13.3. The van der Waals surface area contributed by atoms with Gasteiger partial charge in [0.05, 0.1) is 21.8 Å². The van der Waals surface area contributed by atoms with E-state index in [1.165, 1.54) is 41.3 Å². The van der Waals surface area contributed by atoms with Crippen LogP contribution in [0.15, 0.2) is 44.6 Å². The van der Waals surface area contributed by atoms with Crippen LogP contribution in [-0.2, 0) is 26.6 Å². The molecule has 0 unspecified atom stereocenters. The van der Waals surface area contributed by atoms with Crippen LogP contribution in [0.3, 0.4) is 0 Å². The molecule has 4 rings (SSSR count). The van der Waals surface area contributed by atoms with E-state index in [0.717, 1.165) is 6.07 Å². The van der Waals surface area contributed by atoms with Gasteiger partial charge in [0.1, 0.15) is 16.2 Å². The van der Waals surface area contributed by atoms with E-state index in [2.05, 4.69) is 24.5 Å². The van der Waals surface area contributed by atoms with Crippen molar-refractivity contribution < 1.29 is 21.9 Å². The molecular formula is C21H24N6O6S3. The van der Waals surface area contributed by atoms with Gasteiger partial charge in [-0.15, -0.1) is 11.3 Å². The summed E-state index contributed by atoms with van der Waals surface area (Å²) in [5.41, 5.74) is 0.594. The Morgan fingerprint density at radius 2 is 2.03 bits per heavy atom. The van der Waals surface area contributed by atoms with E-state index < -0.39 is 31.4 Å². The molecule has 3 aromatic rings. The molecule has 0 aliphatic carbocycles. The Labute approximate surface area is 211 Å². The highest BCUT2D eigenvalue weighted by atomic mass is 32.2. The monoisotopic (exact) mass is 552 g/mol. The van der Waals surface area contributed by atoms with Gasteiger partial charge in [0.25, 0.3) is 15.6 Å². The lowest BCUT2D eigenvalue weighted by molar-refractivity contribution is 0.444. The van der Waals surface area contributed by atoms with E-state index >= 15 is 0 Å². The Hall–Kier alpha value is -3.30. The minimum Gasteiger partial charge on any atom is -0.505 e. The van der Waals surface area contributed by atoms with Crippen molar-refractivity contribution in [3.63, 3.8) is 0 Å². The number of amidine groups is 1. The van der Waals surface area contributed by atoms with Gasteiger partial charge in [-0.3, -0.25) is 19.2 Å². The second-order valence-corrected chi connectivity index (χ2v) is 13.0. The van der Waals surface area contributed by atoms with Crippen LogP contribution >= 0.6 is 11.3 Å². The summed E-state index contributed by atoms with van der Waals surface area (Å²) in [4.78, 5) is 21.8. The van der Waals surface area contributed by atoms with E-state index in [4.69, 9.17) is 0 Å². The van der Waals surface area contributed by atoms with Gasteiger partial charge in [-0.1, -0.05) is 13.8 Å². The molecule has 12 nitrogen and oxygen atoms in total. The zero-order valence-electron chi connectivity index (χ0n) is 19.6. The molecule has 192 valence electrons. The number of nitrogens with zero attached hydrogens (tertiary/aromatic N) is 4. The molecular weight excluding hydrogens is 528 g/mol. The van der Waals surface area contributed by atoms with Gasteiger partial charge >= 0.3 is 0 Å². The third kappa shape index (κ3) is 5.12. The topological polar surface area (TPSA) is 173 Å². The first kappa shape index (κ1) is 25.8. The number of nitrogens with one attached hydrogen (secondary N) is 2. The van der Waals surface area contributed by atoms with Gasteiger partial charge in [-0.2, -0.15) is 5.10 Å². The van der Waals surface area contributed by atoms with Gasteiger partial charge in [0.15, 0.2) is 11.6 Å². The molecule has 1 aromatic carbocycles. The number of hydrogen-bond donors (Lipinski definition) is 3. The summed E-state index contributed by atoms with van der Waals surface area (Å²) in [6, 6.07) is 3.83. The van der Waals surface area contributed by atoms with Gasteiger partial charge in [-0.25, -0.2) is 26.5 Å². The van der Waals surface area contributed by atoms with Crippen molar-refractivity contribution >= 4 is 48.6 Å². The normalized spacial score (nSPS) is 14.7. The quantitative estimate of drug-likeness (QED) is 0.382. The number of aliphatic imine (C=N–C) groups is 1. The first-order valence-corrected chi connectivity index (χ1v) is 14.9. The molecule has 1 aliphatic heterocycles. The van der Waals surface area contributed by atoms with E-state index in [9.17, 15) is 26.7 Å². The minimum absolute atomic E-state index is 0.0214. The predicted molar refractivity (Wildman–Crippen MR) is 137 cm³/mol. The van der Waals surface area contributed by atoms with Gasteiger partial charge in [0, 0.05) is 18.4 Å². The molecule has 36 heavy (non-hydrogen) atoms. The highest BCUT2D eigenvalue weighted by Gasteiger charge is 2.32. The molecule has 2 aromatic heterocycles. The number of aromatic hydroxyl groups is 1. The van der Waals surface area contributed by atoms with Crippen molar-refractivity contribution in [3.05, 3.63) is 45.8 Å². The molecule has 1 aliphatic rings. The van der Waals surface area contributed by atoms with E-state index in [0.29, 0.717) is 11.3 Å². The third-order valence-corrected chi connectivity index (χ3v) is 8.77. The van der Waals surface area contributed by atoms with Crippen molar-refractivity contribution in [1.29, 1.82) is 0 Å². The molecule has 0 amide bonds. The summed E-state index contributed by atoms with van der Waals surface area (Å²) < 4.78 is 55.7. The van der Waals surface area contributed by atoms with Crippen LogP contribution in [0.2, 0.25) is 0 Å². The fourth-order valence-electron chi connectivity index (χ4n) is 3.38. The molecule has 0 spiro atoms. The standard InChI is InChI=1S/C21H24N6O6S3/c1-4-35(30,31)25-13-5-6-14-16(9-13)36(32,33)26-20(23-14)17-19(28)18(15-10-22-11-34-15)24-27(21(17)29)8-7-12(2)3/h5-6,9-12,25,28H,4,7-8H2,1-3H3,(H,23,26). The number of rotatable bonds is 8. The number of thiazole rings is 1. The van der Waals surface area contributed by atoms with Crippen LogP contribution in [-0.4, -0.2) is 48.3 Å². The number of aromatic nitrogens is 3. The molecule has 15 heteroatoms. The smallest absolute Gasteiger partial charge is 0.281 e. The Kier molecular flexibility index (Phi) is 6.90. The predicted octanol–water partition coefficient (Wildman–Crippen LogP) is 2.25. The minimum atomic E-state index is -4.27. The Morgan fingerprint density at radius 1 is 1.28 bits per heavy atom. The zero-order valence-corrected chi connectivity index (χ0v) is 22.0. The molecule has 0 fully saturated rings. The van der Waals surface area contributed by atoms with E-state index in [1.54, 1.807) is 5.51 Å². The van der Waals surface area contributed by atoms with Crippen LogP contribution in [0.5, 0.6) is 5.75 Å². The molecule has 3 heterocycles. The van der Waals surface area contributed by atoms with Crippen LogP contribution in [0.25, 0.3) is 10.6 Å². The van der Waals surface area contributed by atoms with Crippen LogP contribution in [0.4, 0.5) is 11.4 Å². The molecule has 3 N–H and O–H groups in total. The molecule has 0 saturated heterocycles. The summed E-state index contributed by atoms with van der Waals surface area (Å²) in [6.45, 7) is 5.67. The summed E-state index contributed by atoms with van der Waals surface area (Å²) in [5.74, 6) is -0.815. The summed E-state index contributed by atoms with van der Waals surface area (Å²) in [5, 5.41) is 15.3. The molecule has 0 saturated carbocycles. The SMILES string of the molecule is CCS(=O)(=O)Nc1ccc2c(c1)S(=O)(=O)NC(c1c(O)c(-c3cncs3)nn(CCC(C)C)c1=O)=N2. The number of sulfonamides is 2. The average Bonchev–Trinajstić information content (AvgIpc) is 3.33. The van der Waals surface area contributed by atoms with Crippen molar-refractivity contribution in [3.8, 4) is 16.3 Å². The Bertz CT molecular complexity index is 1610. The molecule has 0 bridgehead atoms. The van der Waals surface area contributed by atoms with Crippen molar-refractivity contribution in [2.24, 2.45) is 10.9 Å². The fourth-order valence-corrected chi connectivity index (χ4v) is 5.80. The number of anilines is 1. The highest BCUT2D eigenvalue weighted by molar-refractivity contribution is 7.92. The third-order valence-electron chi connectivity index (χ3n) is 5.32. The summed E-state index contributed by atoms with van der Waals surface area (Å²) in [6.07, 6.45) is 2.10. The highest BCUT2D eigenvalue weighted by Crippen LogP contribution is 2.35. The van der Waals surface area contributed by atoms with Crippen molar-refractivity contribution in [2.75, 3.05) is 10.5 Å². The second-order valence-electron chi connectivity index (χ2n) is 8.40. The number of benzene rings is 1. The lowest BCUT2D eigenvalue weighted by Crippen LogP contribution is -2.39. The van der Waals surface area contributed by atoms with Gasteiger partial charge < -0.3 is 5.11 Å². The molecule has 0 radical (unpaired) electrons. The lowest BCUT2D eigenvalue weighted by Gasteiger charge is -2.20. The number of fused-ring (bicyclic) bond motifs is 1. The van der Waals surface area contributed by atoms with Gasteiger partial charge in [-0.05, 0) is 37.5 Å². The van der Waals surface area contributed by atoms with Crippen molar-refractivity contribution in [2.45, 2.75) is 38.6 Å². The fraction of sp³-hybridized carbons (Fsp3) is 0.333. The van der Waals surface area contributed by atoms with E-state index in [1.807, 2.05) is 13.8 Å². The summed E-state index contributed by atoms with van der Waals surface area (Å²) >= 11 is 1.20. The first-order chi connectivity index (χ1) is 16.9. The van der Waals surface area contributed by atoms with Gasteiger partial charge in [0.2, 0.25) is 10.0 Å². The zero-order chi connectivity index (χ0) is 26.3. The molecule has 0 atom stereocenters. The number of aryl methyl sites for hydroxylation is 1. The maximum atomic E-state index is 13.3. The Balaban J connectivity index is 1.88.